The van der Waals surface area contributed by atoms with Crippen LogP contribution in [0.15, 0.2) is 36.5 Å². The van der Waals surface area contributed by atoms with E-state index in [1.807, 2.05) is 4.90 Å². The zero-order valence-corrected chi connectivity index (χ0v) is 12.6. The summed E-state index contributed by atoms with van der Waals surface area (Å²) >= 11 is 0. The quantitative estimate of drug-likeness (QED) is 0.597. The van der Waals surface area contributed by atoms with Crippen molar-refractivity contribution in [2.45, 2.75) is 38.3 Å². The minimum absolute atomic E-state index is 0.104. The normalized spacial score (nSPS) is 15.0. The molecule has 0 amide bonds. The Hall–Kier alpha value is -2.42. The van der Waals surface area contributed by atoms with E-state index in [0.717, 1.165) is 30.5 Å². The average Bonchev–Trinajstić information content (AvgIpc) is 3.25. The molecule has 1 aromatic heterocycles. The van der Waals surface area contributed by atoms with Gasteiger partial charge in [0, 0.05) is 12.6 Å². The lowest BCUT2D eigenvalue weighted by molar-refractivity contribution is -0.393. The summed E-state index contributed by atoms with van der Waals surface area (Å²) in [6.45, 7) is 0.648. The first-order chi connectivity index (χ1) is 11.3. The summed E-state index contributed by atoms with van der Waals surface area (Å²) in [7, 11) is 0. The van der Waals surface area contributed by atoms with Crippen LogP contribution in [0.25, 0.3) is 0 Å². The molecule has 1 fully saturated rings. The highest BCUT2D eigenvalue weighted by Crippen LogP contribution is 2.31. The van der Waals surface area contributed by atoms with Crippen molar-refractivity contribution in [3.8, 4) is 0 Å². The number of rotatable bonds is 6. The number of benzene rings is 1. The molecule has 1 aliphatic carbocycles. The lowest BCUT2D eigenvalue weighted by atomic mass is 10.1. The SMILES string of the molecule is O=[N+]([O-])c1ccnn1CN(Cc1ccc(C(F)(F)F)cc1)C1CC1. The molecule has 128 valence electrons. The fourth-order valence-electron chi connectivity index (χ4n) is 2.53. The highest BCUT2D eigenvalue weighted by Gasteiger charge is 2.33. The third-order valence-corrected chi connectivity index (χ3v) is 3.93. The molecule has 1 heterocycles. The van der Waals surface area contributed by atoms with Crippen molar-refractivity contribution in [3.05, 3.63) is 57.8 Å². The van der Waals surface area contributed by atoms with Gasteiger partial charge in [-0.15, -0.1) is 4.68 Å². The van der Waals surface area contributed by atoms with Crippen LogP contribution in [0.5, 0.6) is 0 Å². The maximum Gasteiger partial charge on any atom is 0.416 e. The molecule has 2 aromatic rings. The number of aromatic nitrogens is 2. The van der Waals surface area contributed by atoms with Crippen LogP contribution in [0.1, 0.15) is 24.0 Å². The average molecular weight is 340 g/mol. The van der Waals surface area contributed by atoms with Crippen molar-refractivity contribution in [2.24, 2.45) is 0 Å². The molecule has 0 aliphatic heterocycles. The summed E-state index contributed by atoms with van der Waals surface area (Å²) < 4.78 is 39.1. The van der Waals surface area contributed by atoms with Crippen molar-refractivity contribution in [3.63, 3.8) is 0 Å². The maximum atomic E-state index is 12.6. The van der Waals surface area contributed by atoms with Crippen molar-refractivity contribution < 1.29 is 18.1 Å². The summed E-state index contributed by atoms with van der Waals surface area (Å²) in [6, 6.07) is 6.58. The third kappa shape index (κ3) is 3.73. The summed E-state index contributed by atoms with van der Waals surface area (Å²) in [5, 5.41) is 14.9. The molecule has 24 heavy (non-hydrogen) atoms. The van der Waals surface area contributed by atoms with Crippen LogP contribution in [0.2, 0.25) is 0 Å². The van der Waals surface area contributed by atoms with Gasteiger partial charge in [-0.3, -0.25) is 4.90 Å². The first-order valence-electron chi connectivity index (χ1n) is 7.41. The second-order valence-electron chi connectivity index (χ2n) is 5.76. The van der Waals surface area contributed by atoms with Gasteiger partial charge in [0.25, 0.3) is 0 Å². The molecule has 0 spiro atoms. The van der Waals surface area contributed by atoms with E-state index in [4.69, 9.17) is 0 Å². The standard InChI is InChI=1S/C15H15F3N4O2/c16-15(17,18)12-3-1-11(2-4-12)9-20(13-5-6-13)10-21-14(22(23)24)7-8-19-21/h1-4,7-8,13H,5-6,9-10H2. The topological polar surface area (TPSA) is 64.2 Å². The molecular weight excluding hydrogens is 325 g/mol. The van der Waals surface area contributed by atoms with Gasteiger partial charge in [-0.05, 0) is 35.5 Å². The monoisotopic (exact) mass is 340 g/mol. The first kappa shape index (κ1) is 16.4. The van der Waals surface area contributed by atoms with E-state index in [1.54, 1.807) is 0 Å². The third-order valence-electron chi connectivity index (χ3n) is 3.93. The highest BCUT2D eigenvalue weighted by molar-refractivity contribution is 5.24. The molecule has 0 saturated heterocycles. The highest BCUT2D eigenvalue weighted by atomic mass is 19.4. The van der Waals surface area contributed by atoms with Crippen LogP contribution in [-0.4, -0.2) is 25.6 Å². The summed E-state index contributed by atoms with van der Waals surface area (Å²) in [5.41, 5.74) is 0.0386. The molecular formula is C15H15F3N4O2. The molecule has 0 unspecified atom stereocenters. The van der Waals surface area contributed by atoms with Gasteiger partial charge in [-0.25, -0.2) is 0 Å². The van der Waals surface area contributed by atoms with Gasteiger partial charge in [0.15, 0.2) is 6.67 Å². The predicted molar refractivity (Wildman–Crippen MR) is 78.9 cm³/mol. The predicted octanol–water partition coefficient (Wildman–Crippen LogP) is 3.43. The van der Waals surface area contributed by atoms with E-state index in [-0.39, 0.29) is 18.5 Å². The van der Waals surface area contributed by atoms with E-state index in [9.17, 15) is 23.3 Å². The Morgan fingerprint density at radius 2 is 1.92 bits per heavy atom. The largest absolute Gasteiger partial charge is 0.416 e. The van der Waals surface area contributed by atoms with Crippen molar-refractivity contribution in [1.29, 1.82) is 0 Å². The smallest absolute Gasteiger partial charge is 0.358 e. The summed E-state index contributed by atoms with van der Waals surface area (Å²) in [5.74, 6) is -0.104. The van der Waals surface area contributed by atoms with E-state index in [0.29, 0.717) is 6.54 Å². The Balaban J connectivity index is 1.73. The molecule has 0 N–H and O–H groups in total. The van der Waals surface area contributed by atoms with E-state index >= 15 is 0 Å². The summed E-state index contributed by atoms with van der Waals surface area (Å²) in [4.78, 5) is 12.4. The van der Waals surface area contributed by atoms with Gasteiger partial charge in [-0.1, -0.05) is 17.2 Å². The fourth-order valence-corrected chi connectivity index (χ4v) is 2.53. The van der Waals surface area contributed by atoms with E-state index < -0.39 is 16.7 Å². The van der Waals surface area contributed by atoms with Crippen LogP contribution >= 0.6 is 0 Å². The fraction of sp³-hybridized carbons (Fsp3) is 0.400. The number of nitrogens with zero attached hydrogens (tertiary/aromatic N) is 4. The minimum atomic E-state index is -4.36. The molecule has 1 saturated carbocycles. The molecule has 1 aromatic carbocycles. The van der Waals surface area contributed by atoms with Crippen molar-refractivity contribution in [2.75, 3.05) is 0 Å². The Kier molecular flexibility index (Phi) is 4.27. The van der Waals surface area contributed by atoms with Gasteiger partial charge in [0.1, 0.15) is 0 Å². The van der Waals surface area contributed by atoms with Gasteiger partial charge < -0.3 is 10.1 Å². The van der Waals surface area contributed by atoms with Crippen molar-refractivity contribution in [1.82, 2.24) is 14.7 Å². The number of halogens is 3. The van der Waals surface area contributed by atoms with Gasteiger partial charge in [-0.2, -0.15) is 13.2 Å². The van der Waals surface area contributed by atoms with Gasteiger partial charge in [0.2, 0.25) is 0 Å². The number of nitro groups is 1. The Morgan fingerprint density at radius 3 is 2.46 bits per heavy atom. The van der Waals surface area contributed by atoms with Crippen LogP contribution in [0, 0.1) is 10.1 Å². The number of hydrogen-bond acceptors (Lipinski definition) is 4. The molecule has 9 heteroatoms. The number of alkyl halides is 3. The molecule has 3 rings (SSSR count). The van der Waals surface area contributed by atoms with Crippen LogP contribution in [0.4, 0.5) is 19.0 Å². The molecule has 0 atom stereocenters. The van der Waals surface area contributed by atoms with Crippen LogP contribution < -0.4 is 0 Å². The zero-order chi connectivity index (χ0) is 17.3. The Labute approximate surface area is 135 Å². The Bertz CT molecular complexity index is 723. The van der Waals surface area contributed by atoms with E-state index in [1.165, 1.54) is 29.1 Å². The first-order valence-corrected chi connectivity index (χ1v) is 7.41. The van der Waals surface area contributed by atoms with Crippen LogP contribution in [0.3, 0.4) is 0 Å². The van der Waals surface area contributed by atoms with Gasteiger partial charge in [0.05, 0.1) is 17.8 Å². The second-order valence-corrected chi connectivity index (χ2v) is 5.76. The number of hydrogen-bond donors (Lipinski definition) is 0. The van der Waals surface area contributed by atoms with Crippen molar-refractivity contribution >= 4 is 5.82 Å². The molecule has 6 nitrogen and oxygen atoms in total. The van der Waals surface area contributed by atoms with Gasteiger partial charge >= 0.3 is 12.0 Å². The zero-order valence-electron chi connectivity index (χ0n) is 12.6. The maximum absolute atomic E-state index is 12.6. The molecule has 0 radical (unpaired) electrons. The minimum Gasteiger partial charge on any atom is -0.358 e. The molecule has 0 bridgehead atoms. The lowest BCUT2D eigenvalue weighted by Gasteiger charge is -2.20. The molecule has 1 aliphatic rings. The second kappa shape index (κ2) is 6.23. The Morgan fingerprint density at radius 1 is 1.25 bits per heavy atom. The van der Waals surface area contributed by atoms with Crippen LogP contribution in [-0.2, 0) is 19.4 Å². The lowest BCUT2D eigenvalue weighted by Crippen LogP contribution is -2.29. The summed E-state index contributed by atoms with van der Waals surface area (Å²) in [6.07, 6.45) is -1.06. The van der Waals surface area contributed by atoms with E-state index in [2.05, 4.69) is 5.10 Å².